The molecule has 0 fully saturated rings. The van der Waals surface area contributed by atoms with Gasteiger partial charge in [-0.2, -0.15) is 5.10 Å². The fraction of sp³-hybridized carbons (Fsp3) is 0.733. The van der Waals surface area contributed by atoms with Gasteiger partial charge in [0.25, 0.3) is 0 Å². The number of halogens is 1. The Hall–Kier alpha value is -1.03. The molecule has 5 heteroatoms. The zero-order valence-corrected chi connectivity index (χ0v) is 14.1. The average molecular weight is 297 g/mol. The number of rotatable bonds is 5. The Balaban J connectivity index is 2.56. The van der Waals surface area contributed by atoms with Gasteiger partial charge >= 0.3 is 0 Å². The highest BCUT2D eigenvalue weighted by molar-refractivity contribution is 6.17. The lowest BCUT2D eigenvalue weighted by atomic mass is 9.81. The Labute approximate surface area is 126 Å². The van der Waals surface area contributed by atoms with Crippen molar-refractivity contribution >= 4 is 22.8 Å². The highest BCUT2D eigenvalue weighted by atomic mass is 35.5. The molecule has 0 aliphatic rings. The maximum Gasteiger partial charge on any atom is 0.158 e. The van der Waals surface area contributed by atoms with Gasteiger partial charge in [-0.3, -0.25) is 4.68 Å². The molecule has 0 aliphatic heterocycles. The molecular weight excluding hydrogens is 272 g/mol. The topological polar surface area (TPSA) is 35.6 Å². The summed E-state index contributed by atoms with van der Waals surface area (Å²) in [4.78, 5) is 4.76. The first-order valence-corrected chi connectivity index (χ1v) is 7.76. The molecule has 0 unspecified atom stereocenters. The van der Waals surface area contributed by atoms with Gasteiger partial charge in [0.1, 0.15) is 11.3 Å². The molecule has 4 nitrogen and oxygen atoms in total. The van der Waals surface area contributed by atoms with Crippen molar-refractivity contribution in [1.82, 2.24) is 19.3 Å². The second kappa shape index (κ2) is 5.40. The lowest BCUT2D eigenvalue weighted by Crippen LogP contribution is -2.27. The minimum Gasteiger partial charge on any atom is -0.312 e. The molecule has 2 aromatic rings. The van der Waals surface area contributed by atoms with E-state index in [1.807, 2.05) is 18.7 Å². The van der Waals surface area contributed by atoms with Gasteiger partial charge in [-0.15, -0.1) is 11.6 Å². The van der Waals surface area contributed by atoms with Gasteiger partial charge in [0.15, 0.2) is 5.65 Å². The first kappa shape index (κ1) is 15.4. The van der Waals surface area contributed by atoms with Crippen LogP contribution in [0.1, 0.15) is 39.2 Å². The van der Waals surface area contributed by atoms with Gasteiger partial charge in [-0.1, -0.05) is 27.7 Å². The Morgan fingerprint density at radius 3 is 2.50 bits per heavy atom. The van der Waals surface area contributed by atoms with E-state index in [9.17, 15) is 0 Å². The first-order valence-electron chi connectivity index (χ1n) is 7.22. The van der Waals surface area contributed by atoms with Gasteiger partial charge in [0, 0.05) is 25.9 Å². The van der Waals surface area contributed by atoms with Crippen LogP contribution >= 0.6 is 11.6 Å². The molecule has 2 heterocycles. The van der Waals surface area contributed by atoms with Crippen LogP contribution < -0.4 is 0 Å². The van der Waals surface area contributed by atoms with Crippen LogP contribution in [-0.2, 0) is 20.0 Å². The number of nitrogens with zero attached hydrogens (tertiary/aromatic N) is 4. The van der Waals surface area contributed by atoms with E-state index in [1.54, 1.807) is 0 Å². The predicted octanol–water partition coefficient (Wildman–Crippen LogP) is 3.54. The number of aromatic nitrogens is 4. The Morgan fingerprint density at radius 1 is 1.30 bits per heavy atom. The normalized spacial score (nSPS) is 12.8. The summed E-state index contributed by atoms with van der Waals surface area (Å²) in [6, 6.07) is 0. The summed E-state index contributed by atoms with van der Waals surface area (Å²) in [7, 11) is 1.99. The van der Waals surface area contributed by atoms with Crippen molar-refractivity contribution in [2.75, 3.05) is 5.88 Å². The SMILES string of the molecule is Cc1nn(C)c2c1nc(CCCl)n2CC(C)(C)C(C)C. The van der Waals surface area contributed by atoms with E-state index in [-0.39, 0.29) is 5.41 Å². The smallest absolute Gasteiger partial charge is 0.158 e. The molecule has 0 spiro atoms. The Kier molecular flexibility index (Phi) is 4.14. The quantitative estimate of drug-likeness (QED) is 0.791. The number of aryl methyl sites for hydroxylation is 3. The molecule has 0 saturated heterocycles. The van der Waals surface area contributed by atoms with E-state index < -0.39 is 0 Å². The van der Waals surface area contributed by atoms with Crippen molar-refractivity contribution in [1.29, 1.82) is 0 Å². The van der Waals surface area contributed by atoms with Crippen LogP contribution in [-0.4, -0.2) is 25.2 Å². The third-order valence-electron chi connectivity index (χ3n) is 4.42. The van der Waals surface area contributed by atoms with Crippen molar-refractivity contribution in [2.45, 2.75) is 47.6 Å². The minimum atomic E-state index is 0.201. The van der Waals surface area contributed by atoms with Crippen LogP contribution in [0, 0.1) is 18.3 Å². The average Bonchev–Trinajstić information content (AvgIpc) is 2.80. The van der Waals surface area contributed by atoms with Gasteiger partial charge in [-0.25, -0.2) is 4.98 Å². The maximum absolute atomic E-state index is 5.94. The second-order valence-electron chi connectivity index (χ2n) is 6.58. The number of hydrogen-bond donors (Lipinski definition) is 0. The van der Waals surface area contributed by atoms with Crippen LogP contribution in [0.3, 0.4) is 0 Å². The minimum absolute atomic E-state index is 0.201. The van der Waals surface area contributed by atoms with E-state index in [0.29, 0.717) is 11.8 Å². The molecule has 0 aliphatic carbocycles. The number of imidazole rings is 1. The summed E-state index contributed by atoms with van der Waals surface area (Å²) in [6.07, 6.45) is 0.795. The molecule has 20 heavy (non-hydrogen) atoms. The van der Waals surface area contributed by atoms with E-state index >= 15 is 0 Å². The second-order valence-corrected chi connectivity index (χ2v) is 6.96. The molecule has 0 atom stereocenters. The lowest BCUT2D eigenvalue weighted by Gasteiger charge is -2.30. The van der Waals surface area contributed by atoms with E-state index in [2.05, 4.69) is 37.4 Å². The van der Waals surface area contributed by atoms with Gasteiger partial charge < -0.3 is 4.57 Å². The van der Waals surface area contributed by atoms with Crippen molar-refractivity contribution in [3.05, 3.63) is 11.5 Å². The largest absolute Gasteiger partial charge is 0.312 e. The van der Waals surface area contributed by atoms with Gasteiger partial charge in [0.05, 0.1) is 5.69 Å². The summed E-state index contributed by atoms with van der Waals surface area (Å²) in [6.45, 7) is 12.1. The van der Waals surface area contributed by atoms with Crippen LogP contribution in [0.25, 0.3) is 11.2 Å². The summed E-state index contributed by atoms with van der Waals surface area (Å²) < 4.78 is 4.24. The fourth-order valence-corrected chi connectivity index (χ4v) is 2.58. The van der Waals surface area contributed by atoms with Crippen LogP contribution in [0.5, 0.6) is 0 Å². The molecule has 112 valence electrons. The van der Waals surface area contributed by atoms with E-state index in [4.69, 9.17) is 16.6 Å². The summed E-state index contributed by atoms with van der Waals surface area (Å²) in [5.74, 6) is 2.26. The monoisotopic (exact) mass is 296 g/mol. The standard InChI is InChI=1S/C15H25ClN4/c1-10(2)15(4,5)9-20-12(7-8-16)17-13-11(3)18-19(6)14(13)20/h10H,7-9H2,1-6H3. The van der Waals surface area contributed by atoms with Gasteiger partial charge in [0.2, 0.25) is 0 Å². The maximum atomic E-state index is 5.94. The highest BCUT2D eigenvalue weighted by Crippen LogP contribution is 2.31. The number of fused-ring (bicyclic) bond motifs is 1. The fourth-order valence-electron chi connectivity index (χ4n) is 2.41. The predicted molar refractivity (Wildman–Crippen MR) is 84.3 cm³/mol. The summed E-state index contributed by atoms with van der Waals surface area (Å²) >= 11 is 5.94. The van der Waals surface area contributed by atoms with Crippen molar-refractivity contribution in [2.24, 2.45) is 18.4 Å². The molecule has 0 saturated carbocycles. The third kappa shape index (κ3) is 2.58. The van der Waals surface area contributed by atoms with Crippen LogP contribution in [0.4, 0.5) is 0 Å². The van der Waals surface area contributed by atoms with Crippen molar-refractivity contribution < 1.29 is 0 Å². The van der Waals surface area contributed by atoms with E-state index in [0.717, 1.165) is 35.6 Å². The number of hydrogen-bond acceptors (Lipinski definition) is 2. The molecule has 0 aromatic carbocycles. The third-order valence-corrected chi connectivity index (χ3v) is 4.60. The van der Waals surface area contributed by atoms with Gasteiger partial charge in [-0.05, 0) is 18.3 Å². The molecule has 0 radical (unpaired) electrons. The highest BCUT2D eigenvalue weighted by Gasteiger charge is 2.27. The van der Waals surface area contributed by atoms with Crippen LogP contribution in [0.15, 0.2) is 0 Å². The van der Waals surface area contributed by atoms with Crippen molar-refractivity contribution in [3.8, 4) is 0 Å². The zero-order chi connectivity index (χ0) is 15.1. The summed E-state index contributed by atoms with van der Waals surface area (Å²) in [5.41, 5.74) is 3.30. The first-order chi connectivity index (χ1) is 9.27. The molecule has 2 aromatic heterocycles. The molecule has 0 N–H and O–H groups in total. The van der Waals surface area contributed by atoms with Crippen molar-refractivity contribution in [3.63, 3.8) is 0 Å². The summed E-state index contributed by atoms with van der Waals surface area (Å²) in [5, 5.41) is 4.49. The molecule has 0 amide bonds. The Bertz CT molecular complexity index is 607. The lowest BCUT2D eigenvalue weighted by molar-refractivity contribution is 0.209. The Morgan fingerprint density at radius 2 is 1.95 bits per heavy atom. The molecular formula is C15H25ClN4. The van der Waals surface area contributed by atoms with E-state index in [1.165, 1.54) is 0 Å². The molecule has 2 rings (SSSR count). The molecule has 0 bridgehead atoms. The zero-order valence-electron chi connectivity index (χ0n) is 13.4. The van der Waals surface area contributed by atoms with Crippen LogP contribution in [0.2, 0.25) is 0 Å². The number of alkyl halides is 1.